The highest BCUT2D eigenvalue weighted by atomic mass is 16.7. The molecule has 1 fully saturated rings. The fourth-order valence-electron chi connectivity index (χ4n) is 2.97. The van der Waals surface area contributed by atoms with Crippen LogP contribution in [0.5, 0.6) is 5.75 Å². The van der Waals surface area contributed by atoms with Gasteiger partial charge in [0.15, 0.2) is 5.79 Å². The fraction of sp³-hybridized carbons (Fsp3) is 0.400. The number of rotatable bonds is 6. The van der Waals surface area contributed by atoms with Gasteiger partial charge in [-0.05, 0) is 42.7 Å². The Morgan fingerprint density at radius 2 is 1.75 bits per heavy atom. The molecule has 1 aliphatic rings. The predicted molar refractivity (Wildman–Crippen MR) is 94.0 cm³/mol. The third-order valence-corrected chi connectivity index (χ3v) is 4.42. The molecule has 2 aromatic rings. The van der Waals surface area contributed by atoms with E-state index >= 15 is 0 Å². The van der Waals surface area contributed by atoms with Gasteiger partial charge in [-0.25, -0.2) is 0 Å². The smallest absolute Gasteiger partial charge is 0.192 e. The number of hydrogen-bond donors (Lipinski definition) is 1. The molecule has 0 aliphatic carbocycles. The van der Waals surface area contributed by atoms with Crippen LogP contribution in [-0.2, 0) is 28.4 Å². The van der Waals surface area contributed by atoms with Crippen molar-refractivity contribution in [3.05, 3.63) is 64.7 Å². The van der Waals surface area contributed by atoms with Gasteiger partial charge < -0.3 is 19.5 Å². The van der Waals surface area contributed by atoms with E-state index in [9.17, 15) is 0 Å². The topological polar surface area (TPSA) is 39.7 Å². The van der Waals surface area contributed by atoms with Crippen LogP contribution in [0, 0.1) is 6.92 Å². The Balaban J connectivity index is 1.61. The summed E-state index contributed by atoms with van der Waals surface area (Å²) in [6.45, 7) is 6.91. The number of hydrogen-bond acceptors (Lipinski definition) is 4. The molecule has 1 heterocycles. The van der Waals surface area contributed by atoms with E-state index in [1.165, 1.54) is 11.1 Å². The van der Waals surface area contributed by atoms with E-state index in [0.29, 0.717) is 13.2 Å². The highest BCUT2D eigenvalue weighted by Crippen LogP contribution is 2.31. The molecule has 1 aliphatic heterocycles. The third kappa shape index (κ3) is 3.78. The molecule has 4 nitrogen and oxygen atoms in total. The second-order valence-electron chi connectivity index (χ2n) is 6.25. The largest absolute Gasteiger partial charge is 0.496 e. The molecule has 0 atom stereocenters. The van der Waals surface area contributed by atoms with Crippen molar-refractivity contribution in [2.24, 2.45) is 0 Å². The average molecular weight is 327 g/mol. The number of methoxy groups -OCH3 is 1. The van der Waals surface area contributed by atoms with Gasteiger partial charge in [0.2, 0.25) is 0 Å². The lowest BCUT2D eigenvalue weighted by molar-refractivity contribution is -0.149. The second kappa shape index (κ2) is 7.34. The predicted octanol–water partition coefficient (Wildman–Crippen LogP) is 3.51. The molecule has 2 aromatic carbocycles. The summed E-state index contributed by atoms with van der Waals surface area (Å²) >= 11 is 0. The minimum atomic E-state index is -0.611. The van der Waals surface area contributed by atoms with Crippen molar-refractivity contribution in [1.29, 1.82) is 0 Å². The van der Waals surface area contributed by atoms with E-state index in [1.54, 1.807) is 7.11 Å². The summed E-state index contributed by atoms with van der Waals surface area (Å²) in [5, 5.41) is 3.48. The van der Waals surface area contributed by atoms with Crippen LogP contribution in [0.4, 0.5) is 0 Å². The highest BCUT2D eigenvalue weighted by molar-refractivity contribution is 5.36. The Kier molecular flexibility index (Phi) is 5.19. The Bertz CT molecular complexity index is 693. The Morgan fingerprint density at radius 1 is 1.04 bits per heavy atom. The molecular weight excluding hydrogens is 302 g/mol. The molecule has 0 aromatic heterocycles. The van der Waals surface area contributed by atoms with Crippen molar-refractivity contribution in [2.75, 3.05) is 20.3 Å². The Morgan fingerprint density at radius 3 is 2.46 bits per heavy atom. The summed E-state index contributed by atoms with van der Waals surface area (Å²) in [6.07, 6.45) is 0. The summed E-state index contributed by atoms with van der Waals surface area (Å²) < 4.78 is 16.8. The van der Waals surface area contributed by atoms with Gasteiger partial charge in [-0.15, -0.1) is 0 Å². The monoisotopic (exact) mass is 327 g/mol. The van der Waals surface area contributed by atoms with Gasteiger partial charge in [0, 0.05) is 18.7 Å². The van der Waals surface area contributed by atoms with E-state index < -0.39 is 5.79 Å². The first-order valence-electron chi connectivity index (χ1n) is 8.32. The van der Waals surface area contributed by atoms with Crippen molar-refractivity contribution in [2.45, 2.75) is 32.7 Å². The summed E-state index contributed by atoms with van der Waals surface area (Å²) in [5.41, 5.74) is 4.64. The maximum Gasteiger partial charge on any atom is 0.192 e. The van der Waals surface area contributed by atoms with Crippen LogP contribution in [0.2, 0.25) is 0 Å². The third-order valence-electron chi connectivity index (χ3n) is 4.42. The molecule has 0 spiro atoms. The second-order valence-corrected chi connectivity index (χ2v) is 6.25. The minimum absolute atomic E-state index is 0.611. The van der Waals surface area contributed by atoms with Crippen LogP contribution >= 0.6 is 0 Å². The van der Waals surface area contributed by atoms with Gasteiger partial charge >= 0.3 is 0 Å². The number of ether oxygens (including phenoxy) is 3. The van der Waals surface area contributed by atoms with Crippen molar-refractivity contribution in [1.82, 2.24) is 5.32 Å². The minimum Gasteiger partial charge on any atom is -0.496 e. The first-order valence-corrected chi connectivity index (χ1v) is 8.32. The maximum absolute atomic E-state index is 5.74. The molecule has 1 saturated heterocycles. The molecule has 1 N–H and O–H groups in total. The van der Waals surface area contributed by atoms with Crippen molar-refractivity contribution in [3.63, 3.8) is 0 Å². The lowest BCUT2D eigenvalue weighted by atomic mass is 10.0. The van der Waals surface area contributed by atoms with E-state index in [-0.39, 0.29) is 0 Å². The fourth-order valence-corrected chi connectivity index (χ4v) is 2.97. The molecule has 3 rings (SSSR count). The van der Waals surface area contributed by atoms with E-state index in [0.717, 1.165) is 30.0 Å². The Hall–Kier alpha value is -1.88. The van der Waals surface area contributed by atoms with Crippen LogP contribution in [-0.4, -0.2) is 20.3 Å². The van der Waals surface area contributed by atoms with E-state index in [2.05, 4.69) is 54.7 Å². The number of benzene rings is 2. The molecule has 0 bridgehead atoms. The molecule has 4 heteroatoms. The molecule has 0 amide bonds. The molecule has 24 heavy (non-hydrogen) atoms. The molecule has 0 radical (unpaired) electrons. The molecule has 128 valence electrons. The molecule has 0 saturated carbocycles. The molecule has 0 unspecified atom stereocenters. The SMILES string of the molecule is COc1cc(CNCc2cccc(C3(C)OCCO3)c2)ccc1C. The summed E-state index contributed by atoms with van der Waals surface area (Å²) in [6, 6.07) is 14.7. The number of nitrogens with one attached hydrogen (secondary N) is 1. The van der Waals surface area contributed by atoms with Crippen molar-refractivity contribution >= 4 is 0 Å². The van der Waals surface area contributed by atoms with Crippen molar-refractivity contribution < 1.29 is 14.2 Å². The summed E-state index contributed by atoms with van der Waals surface area (Å²) in [5.74, 6) is 0.320. The first-order chi connectivity index (χ1) is 11.6. The van der Waals surface area contributed by atoms with Crippen LogP contribution in [0.3, 0.4) is 0 Å². The molecular formula is C20H25NO3. The van der Waals surface area contributed by atoms with Crippen LogP contribution in [0.1, 0.15) is 29.2 Å². The van der Waals surface area contributed by atoms with Crippen molar-refractivity contribution in [3.8, 4) is 5.75 Å². The normalized spacial score (nSPS) is 16.3. The van der Waals surface area contributed by atoms with Crippen LogP contribution in [0.15, 0.2) is 42.5 Å². The van der Waals surface area contributed by atoms with Gasteiger partial charge in [0.05, 0.1) is 20.3 Å². The zero-order chi connectivity index (χ0) is 17.0. The van der Waals surface area contributed by atoms with Gasteiger partial charge in [-0.1, -0.05) is 30.3 Å². The standard InChI is InChI=1S/C20H25NO3/c1-15-7-8-17(12-19(15)22-3)14-21-13-16-5-4-6-18(11-16)20(2)23-9-10-24-20/h4-8,11-12,21H,9-10,13-14H2,1-3H3. The summed E-state index contributed by atoms with van der Waals surface area (Å²) in [7, 11) is 1.71. The van der Waals surface area contributed by atoms with Crippen LogP contribution < -0.4 is 10.1 Å². The zero-order valence-electron chi connectivity index (χ0n) is 14.6. The first kappa shape index (κ1) is 17.0. The number of aryl methyl sites for hydroxylation is 1. The summed E-state index contributed by atoms with van der Waals surface area (Å²) in [4.78, 5) is 0. The lowest BCUT2D eigenvalue weighted by Crippen LogP contribution is -2.23. The van der Waals surface area contributed by atoms with E-state index in [1.807, 2.05) is 6.92 Å². The Labute approximate surface area is 143 Å². The lowest BCUT2D eigenvalue weighted by Gasteiger charge is -2.23. The maximum atomic E-state index is 5.74. The zero-order valence-corrected chi connectivity index (χ0v) is 14.6. The van der Waals surface area contributed by atoms with Crippen LogP contribution in [0.25, 0.3) is 0 Å². The van der Waals surface area contributed by atoms with Gasteiger partial charge in [-0.3, -0.25) is 0 Å². The average Bonchev–Trinajstić information content (AvgIpc) is 3.05. The quantitative estimate of drug-likeness (QED) is 0.881. The van der Waals surface area contributed by atoms with Gasteiger partial charge in [-0.2, -0.15) is 0 Å². The highest BCUT2D eigenvalue weighted by Gasteiger charge is 2.32. The van der Waals surface area contributed by atoms with Gasteiger partial charge in [0.25, 0.3) is 0 Å². The van der Waals surface area contributed by atoms with Gasteiger partial charge in [0.1, 0.15) is 5.75 Å². The van der Waals surface area contributed by atoms with E-state index in [4.69, 9.17) is 14.2 Å².